The highest BCUT2D eigenvalue weighted by Gasteiger charge is 2.40. The van der Waals surface area contributed by atoms with Gasteiger partial charge in [-0.2, -0.15) is 23.5 Å². The molecule has 0 saturated carbocycles. The number of benzene rings is 1. The van der Waals surface area contributed by atoms with Crippen molar-refractivity contribution in [3.05, 3.63) is 75.0 Å². The molecule has 1 saturated heterocycles. The topological polar surface area (TPSA) is 74.0 Å². The van der Waals surface area contributed by atoms with E-state index in [9.17, 15) is 23.2 Å². The highest BCUT2D eigenvalue weighted by atomic mass is 32.1. The van der Waals surface area contributed by atoms with E-state index in [-0.39, 0.29) is 42.7 Å². The number of nitrogens with zero attached hydrogens (tertiary/aromatic N) is 4. The molecule has 6 nitrogen and oxygen atoms in total. The van der Waals surface area contributed by atoms with Crippen molar-refractivity contribution in [2.45, 2.75) is 64.0 Å². The fourth-order valence-electron chi connectivity index (χ4n) is 5.42. The second kappa shape index (κ2) is 10.6. The number of fused-ring (bicyclic) bond motifs is 1. The molecule has 204 valence electrons. The van der Waals surface area contributed by atoms with Gasteiger partial charge in [0.15, 0.2) is 5.69 Å². The molecule has 5 rings (SSSR count). The van der Waals surface area contributed by atoms with Crippen LogP contribution in [0.1, 0.15) is 59.2 Å². The number of nitrogens with one attached hydrogen (secondary N) is 1. The van der Waals surface area contributed by atoms with E-state index in [1.165, 1.54) is 29.7 Å². The lowest BCUT2D eigenvalue weighted by Gasteiger charge is -2.33. The molecule has 2 aliphatic heterocycles. The molecule has 39 heavy (non-hydrogen) atoms. The molecule has 2 aliphatic rings. The predicted molar refractivity (Wildman–Crippen MR) is 139 cm³/mol. The van der Waals surface area contributed by atoms with Crippen molar-refractivity contribution in [1.82, 2.24) is 20.0 Å². The van der Waals surface area contributed by atoms with Crippen LogP contribution in [0.5, 0.6) is 0 Å². The van der Waals surface area contributed by atoms with E-state index in [1.807, 2.05) is 6.08 Å². The first-order valence-corrected chi connectivity index (χ1v) is 13.6. The van der Waals surface area contributed by atoms with Crippen LogP contribution in [0.15, 0.2) is 42.6 Å². The van der Waals surface area contributed by atoms with Crippen LogP contribution in [0.25, 0.3) is 11.1 Å². The van der Waals surface area contributed by atoms with Gasteiger partial charge in [0, 0.05) is 59.4 Å². The Balaban J connectivity index is 1.58. The van der Waals surface area contributed by atoms with E-state index in [4.69, 9.17) is 0 Å². The van der Waals surface area contributed by atoms with E-state index in [0.717, 1.165) is 34.0 Å². The summed E-state index contributed by atoms with van der Waals surface area (Å²) in [7, 11) is 0. The maximum atomic E-state index is 15.4. The molecule has 1 amide bonds. The maximum Gasteiger partial charge on any atom is 0.435 e. The Kier molecular flexibility index (Phi) is 7.35. The SMILES string of the molecule is CCn1cc(-c2c(F)cccc2[C@@H]2CN(C(=O)/C=C/[C@H]3CC[C@@H](C)N3)Cc3sc(C#N)cc32)c(C(F)(F)F)n1. The minimum atomic E-state index is -4.79. The first-order valence-electron chi connectivity index (χ1n) is 12.8. The fraction of sp³-hybridized carbons (Fsp3) is 0.393. The predicted octanol–water partition coefficient (Wildman–Crippen LogP) is 5.83. The van der Waals surface area contributed by atoms with Crippen molar-refractivity contribution < 1.29 is 22.4 Å². The zero-order valence-corrected chi connectivity index (χ0v) is 22.2. The third-order valence-corrected chi connectivity index (χ3v) is 8.34. The minimum Gasteiger partial charge on any atom is -0.333 e. The van der Waals surface area contributed by atoms with E-state index in [1.54, 1.807) is 24.0 Å². The molecule has 0 bridgehead atoms. The van der Waals surface area contributed by atoms with Gasteiger partial charge in [0.1, 0.15) is 16.8 Å². The Labute approximate surface area is 227 Å². The Bertz CT molecular complexity index is 1470. The highest BCUT2D eigenvalue weighted by molar-refractivity contribution is 7.12. The second-order valence-electron chi connectivity index (χ2n) is 9.93. The third kappa shape index (κ3) is 5.36. The van der Waals surface area contributed by atoms with Gasteiger partial charge in [0.05, 0.1) is 6.54 Å². The second-order valence-corrected chi connectivity index (χ2v) is 11.1. The van der Waals surface area contributed by atoms with Gasteiger partial charge in [0.25, 0.3) is 0 Å². The molecule has 0 aliphatic carbocycles. The molecule has 0 radical (unpaired) electrons. The molecule has 11 heteroatoms. The van der Waals surface area contributed by atoms with E-state index >= 15 is 4.39 Å². The van der Waals surface area contributed by atoms with Gasteiger partial charge in [-0.3, -0.25) is 9.48 Å². The van der Waals surface area contributed by atoms with Crippen LogP contribution in [0.3, 0.4) is 0 Å². The van der Waals surface area contributed by atoms with E-state index < -0.39 is 23.6 Å². The standard InChI is InChI=1S/C28H27F4N5OS/c1-3-37-14-22(27(35-37)28(30,31)32)26-19(5-4-6-23(26)29)21-13-36(15-24-20(21)11-18(12-33)39-24)25(38)10-9-17-8-7-16(2)34-17/h4-6,9-11,14,16-17,21,34H,3,7-8,13,15H2,1-2H3/b10-9+/t16-,17-,21+/m1/s1. The lowest BCUT2D eigenvalue weighted by atomic mass is 9.83. The van der Waals surface area contributed by atoms with Crippen LogP contribution >= 0.6 is 11.3 Å². The van der Waals surface area contributed by atoms with Gasteiger partial charge in [-0.15, -0.1) is 11.3 Å². The van der Waals surface area contributed by atoms with Crippen LogP contribution in [0.2, 0.25) is 0 Å². The molecule has 0 unspecified atom stereocenters. The number of aromatic nitrogens is 2. The number of carbonyl (C=O) groups excluding carboxylic acids is 1. The van der Waals surface area contributed by atoms with Gasteiger partial charge in [-0.25, -0.2) is 4.39 Å². The number of aryl methyl sites for hydroxylation is 1. The lowest BCUT2D eigenvalue weighted by molar-refractivity contribution is -0.141. The van der Waals surface area contributed by atoms with Crippen molar-refractivity contribution >= 4 is 17.2 Å². The summed E-state index contributed by atoms with van der Waals surface area (Å²) in [4.78, 5) is 16.0. The quantitative estimate of drug-likeness (QED) is 0.316. The number of hydrogen-bond donors (Lipinski definition) is 1. The average molecular weight is 558 g/mol. The summed E-state index contributed by atoms with van der Waals surface area (Å²) in [5.41, 5.74) is -0.672. The molecular weight excluding hydrogens is 530 g/mol. The molecular formula is C28H27F4N5OS. The largest absolute Gasteiger partial charge is 0.435 e. The number of halogens is 4. The lowest BCUT2D eigenvalue weighted by Crippen LogP contribution is -2.37. The van der Waals surface area contributed by atoms with Gasteiger partial charge in [-0.1, -0.05) is 18.2 Å². The van der Waals surface area contributed by atoms with Crippen LogP contribution in [0, 0.1) is 17.1 Å². The van der Waals surface area contributed by atoms with Crippen LogP contribution in [-0.2, 0) is 24.1 Å². The molecule has 4 heterocycles. The van der Waals surface area contributed by atoms with E-state index in [2.05, 4.69) is 23.4 Å². The molecule has 3 atom stereocenters. The molecule has 1 N–H and O–H groups in total. The summed E-state index contributed by atoms with van der Waals surface area (Å²) in [5, 5.41) is 16.6. The summed E-state index contributed by atoms with van der Waals surface area (Å²) in [6.07, 6.45) is 1.73. The zero-order chi connectivity index (χ0) is 27.9. The number of carbonyl (C=O) groups is 1. The van der Waals surface area contributed by atoms with Gasteiger partial charge in [-0.05, 0) is 49.9 Å². The van der Waals surface area contributed by atoms with Gasteiger partial charge >= 0.3 is 6.18 Å². The Morgan fingerprint density at radius 3 is 2.77 bits per heavy atom. The number of rotatable bonds is 5. The molecule has 2 aromatic heterocycles. The average Bonchev–Trinajstić information content (AvgIpc) is 3.63. The van der Waals surface area contributed by atoms with Crippen LogP contribution in [-0.4, -0.2) is 39.2 Å². The number of thiophene rings is 1. The van der Waals surface area contributed by atoms with Crippen molar-refractivity contribution in [2.24, 2.45) is 0 Å². The first-order chi connectivity index (χ1) is 18.6. The third-order valence-electron chi connectivity index (χ3n) is 7.30. The normalized spacial score (nSPS) is 21.4. The summed E-state index contributed by atoms with van der Waals surface area (Å²) in [5.74, 6) is -1.69. The molecule has 1 fully saturated rings. The summed E-state index contributed by atoms with van der Waals surface area (Å²) in [6.45, 7) is 4.31. The monoisotopic (exact) mass is 557 g/mol. The number of nitriles is 1. The molecule has 3 aromatic rings. The zero-order valence-electron chi connectivity index (χ0n) is 21.4. The van der Waals surface area contributed by atoms with Gasteiger partial charge in [0.2, 0.25) is 5.91 Å². The van der Waals surface area contributed by atoms with Crippen LogP contribution in [0.4, 0.5) is 17.6 Å². The highest BCUT2D eigenvalue weighted by Crippen LogP contribution is 2.45. The summed E-state index contributed by atoms with van der Waals surface area (Å²) >= 11 is 1.24. The van der Waals surface area contributed by atoms with Crippen molar-refractivity contribution in [2.75, 3.05) is 6.54 Å². The van der Waals surface area contributed by atoms with Crippen LogP contribution < -0.4 is 5.32 Å². The fourth-order valence-corrected chi connectivity index (χ4v) is 6.45. The molecule has 0 spiro atoms. The summed E-state index contributed by atoms with van der Waals surface area (Å²) in [6, 6.07) is 8.46. The minimum absolute atomic E-state index is 0.0951. The smallest absolute Gasteiger partial charge is 0.333 e. The van der Waals surface area contributed by atoms with Crippen molar-refractivity contribution in [3.63, 3.8) is 0 Å². The number of hydrogen-bond acceptors (Lipinski definition) is 5. The van der Waals surface area contributed by atoms with Gasteiger partial charge < -0.3 is 10.2 Å². The summed E-state index contributed by atoms with van der Waals surface area (Å²) < 4.78 is 58.5. The number of alkyl halides is 3. The Hall–Kier alpha value is -3.49. The first kappa shape index (κ1) is 27.1. The Morgan fingerprint density at radius 2 is 2.10 bits per heavy atom. The number of amides is 1. The maximum absolute atomic E-state index is 15.4. The van der Waals surface area contributed by atoms with Crippen molar-refractivity contribution in [1.29, 1.82) is 5.26 Å². The van der Waals surface area contributed by atoms with E-state index in [0.29, 0.717) is 16.5 Å². The molecule has 1 aromatic carbocycles. The Morgan fingerprint density at radius 1 is 1.31 bits per heavy atom. The van der Waals surface area contributed by atoms with Crippen molar-refractivity contribution in [3.8, 4) is 17.2 Å².